The van der Waals surface area contributed by atoms with E-state index in [1.54, 1.807) is 9.58 Å². The summed E-state index contributed by atoms with van der Waals surface area (Å²) in [5.74, 6) is -0.342. The summed E-state index contributed by atoms with van der Waals surface area (Å²) in [6.45, 7) is 1.25. The number of likely N-dealkylation sites (tertiary alicyclic amines) is 1. The Bertz CT molecular complexity index is 1080. The number of hydrogen-bond acceptors (Lipinski definition) is 5. The van der Waals surface area contributed by atoms with E-state index < -0.39 is 5.91 Å². The molecule has 1 atom stereocenters. The van der Waals surface area contributed by atoms with Crippen molar-refractivity contribution >= 4 is 11.7 Å². The van der Waals surface area contributed by atoms with E-state index >= 15 is 0 Å². The topological polar surface area (TPSA) is 114 Å². The number of aromatic nitrogens is 2. The van der Waals surface area contributed by atoms with Crippen molar-refractivity contribution < 1.29 is 4.79 Å². The first-order valence-corrected chi connectivity index (χ1v) is 10.0. The molecule has 0 bridgehead atoms. The van der Waals surface area contributed by atoms with Gasteiger partial charge in [-0.2, -0.15) is 10.4 Å². The number of primary amides is 1. The van der Waals surface area contributed by atoms with Crippen molar-refractivity contribution in [2.75, 3.05) is 18.8 Å². The Kier molecular flexibility index (Phi) is 5.40. The largest absolute Gasteiger partial charge is 0.383 e. The first-order valence-electron chi connectivity index (χ1n) is 10.0. The van der Waals surface area contributed by atoms with Crippen LogP contribution in [0.5, 0.6) is 0 Å². The van der Waals surface area contributed by atoms with Crippen molar-refractivity contribution in [1.82, 2.24) is 14.7 Å². The van der Waals surface area contributed by atoms with Crippen molar-refractivity contribution in [3.05, 3.63) is 71.3 Å². The molecule has 0 saturated carbocycles. The van der Waals surface area contributed by atoms with Gasteiger partial charge in [-0.3, -0.25) is 4.79 Å². The first-order chi connectivity index (χ1) is 14.6. The molecule has 3 aromatic rings. The highest BCUT2D eigenvalue weighted by molar-refractivity contribution is 6.03. The zero-order valence-corrected chi connectivity index (χ0v) is 16.7. The molecule has 1 aromatic heterocycles. The van der Waals surface area contributed by atoms with Gasteiger partial charge in [0, 0.05) is 12.1 Å². The van der Waals surface area contributed by atoms with Crippen molar-refractivity contribution in [3.63, 3.8) is 0 Å². The van der Waals surface area contributed by atoms with Crippen molar-refractivity contribution in [3.8, 4) is 17.5 Å². The molecule has 4 N–H and O–H groups in total. The summed E-state index contributed by atoms with van der Waals surface area (Å²) in [6, 6.07) is 18.1. The van der Waals surface area contributed by atoms with Crippen LogP contribution in [0.2, 0.25) is 0 Å². The first kappa shape index (κ1) is 19.5. The lowest BCUT2D eigenvalue weighted by molar-refractivity contribution is 0.100. The number of carbonyl (C=O) groups excluding carboxylic acids is 1. The van der Waals surface area contributed by atoms with Gasteiger partial charge < -0.3 is 16.4 Å². The zero-order valence-electron chi connectivity index (χ0n) is 16.7. The number of carbonyl (C=O) groups is 1. The summed E-state index contributed by atoms with van der Waals surface area (Å²) in [7, 11) is 0. The molecular weight excluding hydrogens is 376 g/mol. The molecule has 7 nitrogen and oxygen atoms in total. The Labute approximate surface area is 175 Å². The normalized spacial score (nSPS) is 16.2. The lowest BCUT2D eigenvalue weighted by Gasteiger charge is -2.29. The maximum absolute atomic E-state index is 12.2. The lowest BCUT2D eigenvalue weighted by Crippen LogP contribution is -2.34. The molecule has 1 saturated heterocycles. The van der Waals surface area contributed by atoms with E-state index in [2.05, 4.69) is 23.4 Å². The second-order valence-corrected chi connectivity index (χ2v) is 7.62. The number of nitrogen functional groups attached to an aromatic ring is 1. The maximum Gasteiger partial charge on any atom is 0.254 e. The fourth-order valence-corrected chi connectivity index (χ4v) is 4.03. The Morgan fingerprint density at radius 2 is 1.83 bits per heavy atom. The average molecular weight is 400 g/mol. The van der Waals surface area contributed by atoms with Crippen LogP contribution in [0.3, 0.4) is 0 Å². The second-order valence-electron chi connectivity index (χ2n) is 7.62. The molecule has 1 aliphatic rings. The predicted molar refractivity (Wildman–Crippen MR) is 115 cm³/mol. The van der Waals surface area contributed by atoms with E-state index in [0.717, 1.165) is 36.9 Å². The van der Waals surface area contributed by atoms with Crippen LogP contribution in [-0.2, 0) is 6.42 Å². The van der Waals surface area contributed by atoms with Crippen LogP contribution < -0.4 is 11.5 Å². The number of amides is 1. The smallest absolute Gasteiger partial charge is 0.254 e. The van der Waals surface area contributed by atoms with Gasteiger partial charge in [-0.1, -0.05) is 54.6 Å². The van der Waals surface area contributed by atoms with Crippen LogP contribution in [0.15, 0.2) is 54.6 Å². The van der Waals surface area contributed by atoms with E-state index in [1.165, 1.54) is 5.56 Å². The van der Waals surface area contributed by atoms with Gasteiger partial charge in [-0.25, -0.2) is 4.68 Å². The van der Waals surface area contributed by atoms with Crippen molar-refractivity contribution in [1.29, 1.82) is 5.26 Å². The van der Waals surface area contributed by atoms with Crippen LogP contribution in [0.1, 0.15) is 40.4 Å². The summed E-state index contributed by atoms with van der Waals surface area (Å²) in [6.07, 6.45) is 4.72. The van der Waals surface area contributed by atoms with E-state index in [0.29, 0.717) is 12.2 Å². The summed E-state index contributed by atoms with van der Waals surface area (Å²) < 4.78 is 1.66. The SMILES string of the molecule is N#CN1CCC[C@@H](n2nc(-c3ccc(Cc4ccccc4)cc3)c(C(N)=O)c2N)C1. The van der Waals surface area contributed by atoms with Gasteiger partial charge in [-0.15, -0.1) is 0 Å². The van der Waals surface area contributed by atoms with Crippen LogP contribution in [-0.4, -0.2) is 33.7 Å². The predicted octanol–water partition coefficient (Wildman–Crippen LogP) is 2.94. The van der Waals surface area contributed by atoms with Gasteiger partial charge in [0.15, 0.2) is 6.19 Å². The summed E-state index contributed by atoms with van der Waals surface area (Å²) in [4.78, 5) is 13.9. The molecule has 152 valence electrons. The number of anilines is 1. The standard InChI is InChI=1S/C23H24N6O/c24-15-28-12-4-7-19(14-28)29-22(25)20(23(26)30)21(27-29)18-10-8-17(9-11-18)13-16-5-2-1-3-6-16/h1-3,5-6,8-11,19H,4,7,12-14,25H2,(H2,26,30)/t19-/m1/s1. The number of piperidine rings is 1. The van der Waals surface area contributed by atoms with Gasteiger partial charge >= 0.3 is 0 Å². The third-order valence-electron chi connectivity index (χ3n) is 5.56. The Hall–Kier alpha value is -3.79. The van der Waals surface area contributed by atoms with Crippen LogP contribution in [0, 0.1) is 11.5 Å². The average Bonchev–Trinajstić information content (AvgIpc) is 3.12. The third kappa shape index (κ3) is 3.85. The molecule has 1 amide bonds. The minimum absolute atomic E-state index is 0.0670. The van der Waals surface area contributed by atoms with Crippen LogP contribution >= 0.6 is 0 Å². The maximum atomic E-state index is 12.2. The molecule has 0 unspecified atom stereocenters. The second kappa shape index (κ2) is 8.29. The van der Waals surface area contributed by atoms with E-state index in [-0.39, 0.29) is 17.4 Å². The highest BCUT2D eigenvalue weighted by Gasteiger charge is 2.28. The Balaban J connectivity index is 1.65. The molecular formula is C23H24N6O. The van der Waals surface area contributed by atoms with Crippen molar-refractivity contribution in [2.24, 2.45) is 5.73 Å². The highest BCUT2D eigenvalue weighted by Crippen LogP contribution is 2.32. The van der Waals surface area contributed by atoms with Gasteiger partial charge in [0.1, 0.15) is 17.1 Å². The number of rotatable bonds is 5. The fourth-order valence-electron chi connectivity index (χ4n) is 4.03. The van der Waals surface area contributed by atoms with Crippen LogP contribution in [0.4, 0.5) is 5.82 Å². The molecule has 0 aliphatic carbocycles. The molecule has 2 heterocycles. The fraction of sp³-hybridized carbons (Fsp3) is 0.261. The highest BCUT2D eigenvalue weighted by atomic mass is 16.1. The summed E-state index contributed by atoms with van der Waals surface area (Å²) in [5.41, 5.74) is 15.8. The van der Waals surface area contributed by atoms with Gasteiger partial charge in [0.05, 0.1) is 12.6 Å². The van der Waals surface area contributed by atoms with Gasteiger partial charge in [0.25, 0.3) is 5.91 Å². The quantitative estimate of drug-likeness (QED) is 0.639. The number of nitriles is 1. The molecule has 30 heavy (non-hydrogen) atoms. The zero-order chi connectivity index (χ0) is 21.1. The van der Waals surface area contributed by atoms with E-state index in [4.69, 9.17) is 11.5 Å². The van der Waals surface area contributed by atoms with E-state index in [1.807, 2.05) is 42.5 Å². The minimum atomic E-state index is -0.602. The number of benzene rings is 2. The summed E-state index contributed by atoms with van der Waals surface area (Å²) >= 11 is 0. The lowest BCUT2D eigenvalue weighted by atomic mass is 10.0. The van der Waals surface area contributed by atoms with Crippen molar-refractivity contribution in [2.45, 2.75) is 25.3 Å². The van der Waals surface area contributed by atoms with Crippen LogP contribution in [0.25, 0.3) is 11.3 Å². The van der Waals surface area contributed by atoms with Gasteiger partial charge in [0.2, 0.25) is 0 Å². The molecule has 2 aromatic carbocycles. The molecule has 1 fully saturated rings. The Morgan fingerprint density at radius 1 is 1.13 bits per heavy atom. The Morgan fingerprint density at radius 3 is 2.50 bits per heavy atom. The number of hydrogen-bond donors (Lipinski definition) is 2. The molecule has 0 radical (unpaired) electrons. The minimum Gasteiger partial charge on any atom is -0.383 e. The molecule has 4 rings (SSSR count). The van der Waals surface area contributed by atoms with E-state index in [9.17, 15) is 10.1 Å². The van der Waals surface area contributed by atoms with Gasteiger partial charge in [-0.05, 0) is 30.4 Å². The third-order valence-corrected chi connectivity index (χ3v) is 5.56. The molecule has 1 aliphatic heterocycles. The number of nitrogens with zero attached hydrogens (tertiary/aromatic N) is 4. The number of nitrogens with two attached hydrogens (primary N) is 2. The monoisotopic (exact) mass is 400 g/mol. The molecule has 7 heteroatoms. The molecule has 0 spiro atoms. The summed E-state index contributed by atoms with van der Waals surface area (Å²) in [5, 5.41) is 13.9.